The molecule has 0 aliphatic carbocycles. The summed E-state index contributed by atoms with van der Waals surface area (Å²) in [6, 6.07) is 8.27. The minimum Gasteiger partial charge on any atom is -0.508 e. The summed E-state index contributed by atoms with van der Waals surface area (Å²) in [5.74, 6) is 0.644. The Morgan fingerprint density at radius 1 is 1.00 bits per heavy atom. The molecule has 0 atom stereocenters. The average Bonchev–Trinajstić information content (AvgIpc) is 2.27. The van der Waals surface area contributed by atoms with Crippen molar-refractivity contribution in [1.82, 2.24) is 9.97 Å². The summed E-state index contributed by atoms with van der Waals surface area (Å²) in [5.41, 5.74) is 1.63. The number of aromatic nitrogens is 2. The number of nitrogens with zero attached hydrogens (tertiary/aromatic N) is 2. The second-order valence-corrected chi connectivity index (χ2v) is 3.65. The van der Waals surface area contributed by atoms with Crippen LogP contribution in [0.25, 0.3) is 12.2 Å². The van der Waals surface area contributed by atoms with Gasteiger partial charge in [0.15, 0.2) is 5.82 Å². The molecule has 2 aromatic rings. The van der Waals surface area contributed by atoms with Crippen LogP contribution in [-0.4, -0.2) is 20.2 Å². The molecule has 0 saturated carbocycles. The van der Waals surface area contributed by atoms with Gasteiger partial charge in [-0.1, -0.05) is 18.2 Å². The van der Waals surface area contributed by atoms with E-state index in [4.69, 9.17) is 5.11 Å². The summed E-state index contributed by atoms with van der Waals surface area (Å²) in [5, 5.41) is 18.4. The third-order valence-electron chi connectivity index (χ3n) is 2.18. The molecule has 4 heteroatoms. The summed E-state index contributed by atoms with van der Waals surface area (Å²) < 4.78 is 0. The maximum Gasteiger partial charge on any atom is 0.214 e. The fraction of sp³-hybridized carbons (Fsp3) is 0.0769. The molecular weight excluding hydrogens is 216 g/mol. The largest absolute Gasteiger partial charge is 0.508 e. The van der Waals surface area contributed by atoms with E-state index in [9.17, 15) is 5.11 Å². The van der Waals surface area contributed by atoms with Crippen molar-refractivity contribution >= 4 is 12.2 Å². The lowest BCUT2D eigenvalue weighted by Crippen LogP contribution is -1.89. The fourth-order valence-electron chi connectivity index (χ4n) is 1.41. The lowest BCUT2D eigenvalue weighted by atomic mass is 10.2. The highest BCUT2D eigenvalue weighted by Gasteiger charge is 1.97. The van der Waals surface area contributed by atoms with Crippen molar-refractivity contribution in [2.45, 2.75) is 6.92 Å². The number of aromatic hydroxyl groups is 2. The van der Waals surface area contributed by atoms with Crippen molar-refractivity contribution in [2.24, 2.45) is 0 Å². The molecule has 0 aliphatic heterocycles. The van der Waals surface area contributed by atoms with Crippen LogP contribution in [0.2, 0.25) is 0 Å². The van der Waals surface area contributed by atoms with Gasteiger partial charge in [0.1, 0.15) is 5.75 Å². The number of hydrogen-bond donors (Lipinski definition) is 2. The molecular formula is C13H12N2O2. The molecule has 86 valence electrons. The van der Waals surface area contributed by atoms with Crippen LogP contribution in [0.5, 0.6) is 11.6 Å². The first-order valence-corrected chi connectivity index (χ1v) is 5.15. The SMILES string of the molecule is Cc1cc(O)nc(C=Cc2ccc(O)cc2)n1. The summed E-state index contributed by atoms with van der Waals surface area (Å²) in [6.07, 6.45) is 3.52. The highest BCUT2D eigenvalue weighted by atomic mass is 16.3. The van der Waals surface area contributed by atoms with E-state index < -0.39 is 0 Å². The van der Waals surface area contributed by atoms with Gasteiger partial charge in [-0.15, -0.1) is 0 Å². The third kappa shape index (κ3) is 3.04. The van der Waals surface area contributed by atoms with Crippen LogP contribution in [-0.2, 0) is 0 Å². The molecule has 2 N–H and O–H groups in total. The predicted octanol–water partition coefficient (Wildman–Crippen LogP) is 2.37. The van der Waals surface area contributed by atoms with Crippen molar-refractivity contribution in [1.29, 1.82) is 0 Å². The molecule has 2 rings (SSSR count). The van der Waals surface area contributed by atoms with Gasteiger partial charge in [0.25, 0.3) is 0 Å². The monoisotopic (exact) mass is 228 g/mol. The van der Waals surface area contributed by atoms with E-state index in [-0.39, 0.29) is 11.6 Å². The quantitative estimate of drug-likeness (QED) is 0.828. The van der Waals surface area contributed by atoms with Gasteiger partial charge in [0.05, 0.1) is 0 Å². The third-order valence-corrected chi connectivity index (χ3v) is 2.18. The lowest BCUT2D eigenvalue weighted by Gasteiger charge is -1.97. The van der Waals surface area contributed by atoms with Gasteiger partial charge in [-0.3, -0.25) is 0 Å². The summed E-state index contributed by atoms with van der Waals surface area (Å²) in [7, 11) is 0. The van der Waals surface area contributed by atoms with Gasteiger partial charge < -0.3 is 10.2 Å². The Bertz CT molecular complexity index is 528. The number of aryl methyl sites for hydroxylation is 1. The number of rotatable bonds is 2. The van der Waals surface area contributed by atoms with Crippen LogP contribution in [0.3, 0.4) is 0 Å². The van der Waals surface area contributed by atoms with Crippen LogP contribution >= 0.6 is 0 Å². The average molecular weight is 228 g/mol. The van der Waals surface area contributed by atoms with Crippen molar-refractivity contribution < 1.29 is 10.2 Å². The molecule has 0 aliphatic rings. The first kappa shape index (κ1) is 11.1. The Labute approximate surface area is 98.9 Å². The first-order valence-electron chi connectivity index (χ1n) is 5.15. The van der Waals surface area contributed by atoms with E-state index in [1.54, 1.807) is 37.3 Å². The Morgan fingerprint density at radius 2 is 1.71 bits per heavy atom. The molecule has 0 spiro atoms. The molecule has 4 nitrogen and oxygen atoms in total. The highest BCUT2D eigenvalue weighted by molar-refractivity contribution is 5.67. The van der Waals surface area contributed by atoms with E-state index in [0.29, 0.717) is 11.5 Å². The standard InChI is InChI=1S/C13H12N2O2/c1-9-8-13(17)15-12(14-9)7-4-10-2-5-11(16)6-3-10/h2-8,16H,1H3,(H,14,15,17). The van der Waals surface area contributed by atoms with Gasteiger partial charge in [0.2, 0.25) is 5.88 Å². The number of benzene rings is 1. The first-order chi connectivity index (χ1) is 8.13. The van der Waals surface area contributed by atoms with E-state index in [2.05, 4.69) is 9.97 Å². The van der Waals surface area contributed by atoms with E-state index in [1.165, 1.54) is 6.07 Å². The molecule has 0 radical (unpaired) electrons. The van der Waals surface area contributed by atoms with Gasteiger partial charge in [-0.25, -0.2) is 4.98 Å². The van der Waals surface area contributed by atoms with Crippen molar-refractivity contribution in [3.8, 4) is 11.6 Å². The Kier molecular flexibility index (Phi) is 3.05. The smallest absolute Gasteiger partial charge is 0.214 e. The van der Waals surface area contributed by atoms with E-state index >= 15 is 0 Å². The zero-order chi connectivity index (χ0) is 12.3. The van der Waals surface area contributed by atoms with Crippen molar-refractivity contribution in [2.75, 3.05) is 0 Å². The normalized spacial score (nSPS) is 10.9. The Balaban J connectivity index is 2.22. The zero-order valence-electron chi connectivity index (χ0n) is 9.33. The number of hydrogen-bond acceptors (Lipinski definition) is 4. The maximum absolute atomic E-state index is 9.31. The Morgan fingerprint density at radius 3 is 2.35 bits per heavy atom. The van der Waals surface area contributed by atoms with Gasteiger partial charge in [-0.2, -0.15) is 4.98 Å². The van der Waals surface area contributed by atoms with Gasteiger partial charge in [-0.05, 0) is 30.7 Å². The summed E-state index contributed by atoms with van der Waals surface area (Å²) >= 11 is 0. The molecule has 0 fully saturated rings. The molecule has 1 aromatic carbocycles. The zero-order valence-corrected chi connectivity index (χ0v) is 9.33. The molecule has 0 saturated heterocycles. The second-order valence-electron chi connectivity index (χ2n) is 3.65. The van der Waals surface area contributed by atoms with Crippen molar-refractivity contribution in [3.05, 3.63) is 47.4 Å². The topological polar surface area (TPSA) is 66.2 Å². The molecule has 0 amide bonds. The van der Waals surface area contributed by atoms with Gasteiger partial charge >= 0.3 is 0 Å². The highest BCUT2D eigenvalue weighted by Crippen LogP contribution is 2.13. The number of phenols is 1. The number of phenolic OH excluding ortho intramolecular Hbond substituents is 1. The summed E-state index contributed by atoms with van der Waals surface area (Å²) in [4.78, 5) is 8.03. The molecule has 1 aromatic heterocycles. The van der Waals surface area contributed by atoms with E-state index in [0.717, 1.165) is 5.56 Å². The second kappa shape index (κ2) is 4.65. The lowest BCUT2D eigenvalue weighted by molar-refractivity contribution is 0.450. The van der Waals surface area contributed by atoms with Gasteiger partial charge in [0, 0.05) is 11.8 Å². The van der Waals surface area contributed by atoms with Crippen LogP contribution in [0.4, 0.5) is 0 Å². The molecule has 0 bridgehead atoms. The molecule has 17 heavy (non-hydrogen) atoms. The van der Waals surface area contributed by atoms with Crippen LogP contribution in [0.15, 0.2) is 30.3 Å². The predicted molar refractivity (Wildman–Crippen MR) is 65.5 cm³/mol. The van der Waals surface area contributed by atoms with Crippen LogP contribution in [0, 0.1) is 6.92 Å². The fourth-order valence-corrected chi connectivity index (χ4v) is 1.41. The Hall–Kier alpha value is -2.36. The maximum atomic E-state index is 9.31. The van der Waals surface area contributed by atoms with Crippen molar-refractivity contribution in [3.63, 3.8) is 0 Å². The minimum absolute atomic E-state index is 0.0390. The summed E-state index contributed by atoms with van der Waals surface area (Å²) in [6.45, 7) is 1.79. The van der Waals surface area contributed by atoms with Crippen LogP contribution in [0.1, 0.15) is 17.1 Å². The minimum atomic E-state index is -0.0390. The molecule has 0 unspecified atom stereocenters. The van der Waals surface area contributed by atoms with E-state index in [1.807, 2.05) is 6.08 Å². The molecule has 1 heterocycles. The van der Waals surface area contributed by atoms with Crippen LogP contribution < -0.4 is 0 Å².